The first-order valence-corrected chi connectivity index (χ1v) is 8.84. The van der Waals surface area contributed by atoms with Crippen molar-refractivity contribution in [2.45, 2.75) is 24.4 Å². The lowest BCUT2D eigenvalue weighted by Crippen LogP contribution is -2.32. The van der Waals surface area contributed by atoms with Crippen LogP contribution in [0, 0.1) is 0 Å². The highest BCUT2D eigenvalue weighted by atomic mass is 16.6. The molecule has 8 nitrogen and oxygen atoms in total. The molecule has 1 aromatic heterocycles. The van der Waals surface area contributed by atoms with Gasteiger partial charge in [0, 0.05) is 16.7 Å². The number of aliphatic hydroxyl groups excluding tert-OH is 3. The summed E-state index contributed by atoms with van der Waals surface area (Å²) in [6.45, 7) is -0.450. The average molecular weight is 380 g/mol. The van der Waals surface area contributed by atoms with E-state index in [-0.39, 0.29) is 28.5 Å². The van der Waals surface area contributed by atoms with Gasteiger partial charge in [-0.3, -0.25) is 9.59 Å². The number of nitrogens with one attached hydrogen (secondary N) is 1. The number of aromatic amines is 1. The van der Waals surface area contributed by atoms with Gasteiger partial charge in [0.05, 0.1) is 17.7 Å². The lowest BCUT2D eigenvalue weighted by molar-refractivity contribution is -0.0249. The molecule has 2 aromatic carbocycles. The number of H-pyrrole nitrogens is 1. The Morgan fingerprint density at radius 2 is 1.68 bits per heavy atom. The molecule has 4 atom stereocenters. The van der Waals surface area contributed by atoms with Crippen molar-refractivity contribution in [3.63, 3.8) is 0 Å². The number of hydrogen-bond acceptors (Lipinski definition) is 7. The van der Waals surface area contributed by atoms with E-state index >= 15 is 0 Å². The molecule has 1 aliphatic carbocycles. The molecule has 0 unspecified atom stereocenters. The normalized spacial score (nSPS) is 26.5. The average Bonchev–Trinajstić information content (AvgIpc) is 3.26. The van der Waals surface area contributed by atoms with Gasteiger partial charge in [0.25, 0.3) is 0 Å². The Bertz CT molecular complexity index is 1140. The van der Waals surface area contributed by atoms with Crippen molar-refractivity contribution >= 4 is 22.6 Å². The van der Waals surface area contributed by atoms with Gasteiger partial charge in [-0.05, 0) is 12.1 Å². The third kappa shape index (κ3) is 2.23. The van der Waals surface area contributed by atoms with E-state index in [1.807, 2.05) is 0 Å². The minimum absolute atomic E-state index is 0.204. The highest BCUT2D eigenvalue weighted by Gasteiger charge is 2.44. The van der Waals surface area contributed by atoms with E-state index in [4.69, 9.17) is 4.74 Å². The summed E-state index contributed by atoms with van der Waals surface area (Å²) in [4.78, 5) is 33.3. The second-order valence-electron chi connectivity index (χ2n) is 6.97. The minimum Gasteiger partial charge on any atom is -0.394 e. The van der Waals surface area contributed by atoms with E-state index in [0.29, 0.717) is 22.2 Å². The van der Waals surface area contributed by atoms with Crippen molar-refractivity contribution < 1.29 is 29.6 Å². The third-order valence-electron chi connectivity index (χ3n) is 5.37. The maximum absolute atomic E-state index is 13.1. The van der Waals surface area contributed by atoms with E-state index in [2.05, 4.69) is 9.97 Å². The summed E-state index contributed by atoms with van der Waals surface area (Å²) in [6.07, 6.45) is -4.46. The van der Waals surface area contributed by atoms with Crippen LogP contribution in [0.4, 0.5) is 0 Å². The van der Waals surface area contributed by atoms with Crippen LogP contribution in [0.3, 0.4) is 0 Å². The highest BCUT2D eigenvalue weighted by molar-refractivity contribution is 6.31. The number of carbonyl (C=O) groups excluding carboxylic acids is 2. The Hall–Kier alpha value is -2.91. The number of benzene rings is 2. The highest BCUT2D eigenvalue weighted by Crippen LogP contribution is 2.36. The molecule has 0 saturated carbocycles. The van der Waals surface area contributed by atoms with Crippen LogP contribution in [-0.4, -0.2) is 61.8 Å². The van der Waals surface area contributed by atoms with Gasteiger partial charge in [0.15, 0.2) is 11.6 Å². The van der Waals surface area contributed by atoms with E-state index in [0.717, 1.165) is 0 Å². The molecule has 0 bridgehead atoms. The zero-order valence-electron chi connectivity index (χ0n) is 14.5. The first-order valence-electron chi connectivity index (χ1n) is 8.84. The molecule has 0 amide bonds. The lowest BCUT2D eigenvalue weighted by Gasteiger charge is -2.17. The van der Waals surface area contributed by atoms with E-state index in [9.17, 15) is 24.9 Å². The van der Waals surface area contributed by atoms with Crippen LogP contribution in [0.2, 0.25) is 0 Å². The Labute approximate surface area is 158 Å². The number of carbonyl (C=O) groups is 2. The van der Waals surface area contributed by atoms with Crippen LogP contribution in [0.1, 0.15) is 43.8 Å². The van der Waals surface area contributed by atoms with Gasteiger partial charge in [-0.1, -0.05) is 24.3 Å². The van der Waals surface area contributed by atoms with Gasteiger partial charge < -0.3 is 25.0 Å². The molecule has 1 saturated heterocycles. The predicted octanol–water partition coefficient (Wildman–Crippen LogP) is 0.492. The molecular weight excluding hydrogens is 364 g/mol. The summed E-state index contributed by atoms with van der Waals surface area (Å²) >= 11 is 0. The van der Waals surface area contributed by atoms with Crippen LogP contribution in [0.15, 0.2) is 36.4 Å². The largest absolute Gasteiger partial charge is 0.394 e. The quantitative estimate of drug-likeness (QED) is 0.398. The molecule has 3 aromatic rings. The topological polar surface area (TPSA) is 133 Å². The zero-order valence-corrected chi connectivity index (χ0v) is 14.5. The Kier molecular flexibility index (Phi) is 3.72. The molecule has 0 spiro atoms. The molecule has 1 aliphatic heterocycles. The van der Waals surface area contributed by atoms with Crippen molar-refractivity contribution in [2.75, 3.05) is 6.61 Å². The van der Waals surface area contributed by atoms with Crippen molar-refractivity contribution in [1.82, 2.24) is 9.97 Å². The Morgan fingerprint density at radius 3 is 2.36 bits per heavy atom. The Morgan fingerprint density at radius 1 is 0.964 bits per heavy atom. The lowest BCUT2D eigenvalue weighted by atomic mass is 9.83. The number of imidazole rings is 1. The molecular formula is C20H16N2O6. The molecule has 4 N–H and O–H groups in total. The van der Waals surface area contributed by atoms with Crippen molar-refractivity contribution in [3.05, 3.63) is 64.5 Å². The standard InChI is InChI=1S/C20H16N2O6/c23-7-12-17(26)18(27)19(28-12)20-21-11-6-5-10-13(14(11)22-20)16(25)9-4-2-1-3-8(9)15(10)24/h1-6,12,17-19,23,26-27H,7H2,(H,21,22)/t12-,17+,18-,19+/m1/s1. The van der Waals surface area contributed by atoms with E-state index in [1.165, 1.54) is 0 Å². The summed E-state index contributed by atoms with van der Waals surface area (Å²) in [6, 6.07) is 9.86. The molecule has 2 aliphatic rings. The fourth-order valence-corrected chi connectivity index (χ4v) is 3.93. The molecule has 2 heterocycles. The number of hydrogen-bond donors (Lipinski definition) is 4. The summed E-state index contributed by atoms with van der Waals surface area (Å²) in [5.41, 5.74) is 1.97. The first kappa shape index (κ1) is 17.2. The summed E-state index contributed by atoms with van der Waals surface area (Å²) in [7, 11) is 0. The fraction of sp³-hybridized carbons (Fsp3) is 0.250. The van der Waals surface area contributed by atoms with Crippen molar-refractivity contribution in [1.29, 1.82) is 0 Å². The maximum atomic E-state index is 13.1. The number of nitrogens with zero attached hydrogens (tertiary/aromatic N) is 1. The SMILES string of the molecule is O=C1c2ccccc2C(=O)c2c1ccc1[nH]c([C@H]3O[C@H](CO)[C@H](O)[C@H]3O)nc21. The summed E-state index contributed by atoms with van der Waals surface area (Å²) in [5, 5.41) is 29.5. The summed E-state index contributed by atoms with van der Waals surface area (Å²) < 4.78 is 5.50. The second-order valence-corrected chi connectivity index (χ2v) is 6.97. The van der Waals surface area contributed by atoms with Crippen LogP contribution < -0.4 is 0 Å². The number of ketones is 2. The van der Waals surface area contributed by atoms with Gasteiger partial charge in [0.1, 0.15) is 35.8 Å². The number of ether oxygens (including phenoxy) is 1. The molecule has 0 radical (unpaired) electrons. The first-order chi connectivity index (χ1) is 13.5. The number of aromatic nitrogens is 2. The van der Waals surface area contributed by atoms with Gasteiger partial charge >= 0.3 is 0 Å². The maximum Gasteiger partial charge on any atom is 0.196 e. The third-order valence-corrected chi connectivity index (χ3v) is 5.37. The molecule has 5 rings (SSSR count). The molecule has 1 fully saturated rings. The number of rotatable bonds is 2. The van der Waals surface area contributed by atoms with Gasteiger partial charge in [-0.15, -0.1) is 0 Å². The zero-order chi connectivity index (χ0) is 19.6. The van der Waals surface area contributed by atoms with Crippen molar-refractivity contribution in [2.24, 2.45) is 0 Å². The monoisotopic (exact) mass is 380 g/mol. The smallest absolute Gasteiger partial charge is 0.196 e. The summed E-state index contributed by atoms with van der Waals surface area (Å²) in [5.74, 6) is -0.329. The van der Waals surface area contributed by atoms with Crippen molar-refractivity contribution in [3.8, 4) is 0 Å². The van der Waals surface area contributed by atoms with Gasteiger partial charge in [-0.2, -0.15) is 0 Å². The Balaban J connectivity index is 1.65. The molecule has 8 heteroatoms. The fourth-order valence-electron chi connectivity index (χ4n) is 3.93. The second kappa shape index (κ2) is 6.05. The number of aliphatic hydroxyl groups is 3. The van der Waals surface area contributed by atoms with Crippen LogP contribution in [0.25, 0.3) is 11.0 Å². The minimum atomic E-state index is -1.29. The van der Waals surface area contributed by atoms with E-state index in [1.54, 1.807) is 36.4 Å². The van der Waals surface area contributed by atoms with Crippen LogP contribution in [0.5, 0.6) is 0 Å². The number of fused-ring (bicyclic) bond motifs is 4. The van der Waals surface area contributed by atoms with Gasteiger partial charge in [0.2, 0.25) is 0 Å². The molecule has 142 valence electrons. The van der Waals surface area contributed by atoms with Crippen LogP contribution >= 0.6 is 0 Å². The van der Waals surface area contributed by atoms with Gasteiger partial charge in [-0.25, -0.2) is 4.98 Å². The van der Waals surface area contributed by atoms with E-state index < -0.39 is 31.0 Å². The van der Waals surface area contributed by atoms with Crippen LogP contribution in [-0.2, 0) is 4.74 Å². The predicted molar refractivity (Wildman–Crippen MR) is 96.1 cm³/mol. The molecule has 28 heavy (non-hydrogen) atoms.